The van der Waals surface area contributed by atoms with Crippen molar-refractivity contribution in [2.75, 3.05) is 6.54 Å². The molecule has 0 saturated heterocycles. The molecule has 1 fully saturated rings. The number of carbonyl (C=O) groups excluding carboxylic acids is 1. The second-order valence-electron chi connectivity index (χ2n) is 4.31. The normalized spacial score (nSPS) is 19.3. The Morgan fingerprint density at radius 1 is 1.53 bits per heavy atom. The van der Waals surface area contributed by atoms with Gasteiger partial charge in [0.15, 0.2) is 0 Å². The Balaban J connectivity index is 2.28. The standard InChI is InChI=1S/C10H18N2O3/c1-7(6-11)2-3-8(13)12-10(4-5-10)9(14)15/h7H,2-6,11H2,1H3,(H,12,13)(H,14,15). The van der Waals surface area contributed by atoms with Crippen molar-refractivity contribution in [1.82, 2.24) is 5.32 Å². The molecule has 0 spiro atoms. The first-order chi connectivity index (χ1) is 7.00. The molecule has 1 unspecified atom stereocenters. The smallest absolute Gasteiger partial charge is 0.329 e. The molecule has 1 aliphatic rings. The van der Waals surface area contributed by atoms with Crippen molar-refractivity contribution in [3.63, 3.8) is 0 Å². The Bertz CT molecular complexity index is 261. The monoisotopic (exact) mass is 214 g/mol. The van der Waals surface area contributed by atoms with Gasteiger partial charge in [-0.05, 0) is 31.7 Å². The van der Waals surface area contributed by atoms with Crippen LogP contribution in [0.4, 0.5) is 0 Å². The van der Waals surface area contributed by atoms with E-state index in [0.717, 1.165) is 0 Å². The summed E-state index contributed by atoms with van der Waals surface area (Å²) < 4.78 is 0. The molecule has 0 heterocycles. The van der Waals surface area contributed by atoms with Crippen molar-refractivity contribution in [2.24, 2.45) is 11.7 Å². The minimum Gasteiger partial charge on any atom is -0.480 e. The van der Waals surface area contributed by atoms with Crippen LogP contribution in [0.3, 0.4) is 0 Å². The third kappa shape index (κ3) is 3.20. The van der Waals surface area contributed by atoms with E-state index >= 15 is 0 Å². The zero-order chi connectivity index (χ0) is 11.5. The molecule has 0 aromatic heterocycles. The van der Waals surface area contributed by atoms with Crippen molar-refractivity contribution in [3.8, 4) is 0 Å². The van der Waals surface area contributed by atoms with Crippen LogP contribution in [0, 0.1) is 5.92 Å². The summed E-state index contributed by atoms with van der Waals surface area (Å²) in [6.45, 7) is 2.52. The molecule has 1 atom stereocenters. The van der Waals surface area contributed by atoms with Crippen LogP contribution in [-0.4, -0.2) is 29.1 Å². The summed E-state index contributed by atoms with van der Waals surface area (Å²) in [6, 6.07) is 0. The van der Waals surface area contributed by atoms with Gasteiger partial charge in [-0.3, -0.25) is 4.79 Å². The summed E-state index contributed by atoms with van der Waals surface area (Å²) in [5.74, 6) is -0.811. The molecule has 15 heavy (non-hydrogen) atoms. The third-order valence-corrected chi connectivity index (χ3v) is 2.80. The van der Waals surface area contributed by atoms with E-state index in [4.69, 9.17) is 10.8 Å². The van der Waals surface area contributed by atoms with Crippen LogP contribution < -0.4 is 11.1 Å². The number of nitrogens with one attached hydrogen (secondary N) is 1. The number of hydrogen-bond donors (Lipinski definition) is 3. The Morgan fingerprint density at radius 3 is 2.53 bits per heavy atom. The Morgan fingerprint density at radius 2 is 2.13 bits per heavy atom. The largest absolute Gasteiger partial charge is 0.480 e. The molecule has 1 saturated carbocycles. The van der Waals surface area contributed by atoms with Crippen molar-refractivity contribution < 1.29 is 14.7 Å². The highest BCUT2D eigenvalue weighted by Gasteiger charge is 2.51. The lowest BCUT2D eigenvalue weighted by Gasteiger charge is -2.13. The quantitative estimate of drug-likeness (QED) is 0.584. The van der Waals surface area contributed by atoms with Gasteiger partial charge in [0.2, 0.25) is 5.91 Å². The Kier molecular flexibility index (Phi) is 3.68. The maximum Gasteiger partial charge on any atom is 0.329 e. The van der Waals surface area contributed by atoms with E-state index in [2.05, 4.69) is 5.32 Å². The maximum absolute atomic E-state index is 11.4. The van der Waals surface area contributed by atoms with Crippen LogP contribution in [0.25, 0.3) is 0 Å². The van der Waals surface area contributed by atoms with Gasteiger partial charge >= 0.3 is 5.97 Å². The number of carboxylic acids is 1. The lowest BCUT2D eigenvalue weighted by molar-refractivity contribution is -0.143. The maximum atomic E-state index is 11.4. The molecule has 0 aromatic rings. The molecule has 0 aliphatic heterocycles. The van der Waals surface area contributed by atoms with Gasteiger partial charge in [0, 0.05) is 6.42 Å². The second kappa shape index (κ2) is 4.61. The van der Waals surface area contributed by atoms with Gasteiger partial charge < -0.3 is 16.2 Å². The van der Waals surface area contributed by atoms with Gasteiger partial charge in [0.05, 0.1) is 0 Å². The van der Waals surface area contributed by atoms with E-state index in [0.29, 0.717) is 38.1 Å². The molecule has 0 aromatic carbocycles. The predicted octanol–water partition coefficient (Wildman–Crippen LogP) is 0.0948. The van der Waals surface area contributed by atoms with E-state index in [1.54, 1.807) is 0 Å². The van der Waals surface area contributed by atoms with Crippen molar-refractivity contribution >= 4 is 11.9 Å². The van der Waals surface area contributed by atoms with Gasteiger partial charge in [-0.15, -0.1) is 0 Å². The van der Waals surface area contributed by atoms with Crippen LogP contribution in [0.2, 0.25) is 0 Å². The highest BCUT2D eigenvalue weighted by molar-refractivity contribution is 5.89. The number of aliphatic carboxylic acids is 1. The summed E-state index contributed by atoms with van der Waals surface area (Å²) in [4.78, 5) is 22.2. The van der Waals surface area contributed by atoms with Crippen molar-refractivity contribution in [3.05, 3.63) is 0 Å². The molecule has 1 rings (SSSR count). The molecule has 86 valence electrons. The first-order valence-corrected chi connectivity index (χ1v) is 5.24. The van der Waals surface area contributed by atoms with E-state index in [-0.39, 0.29) is 5.91 Å². The molecule has 1 amide bonds. The summed E-state index contributed by atoms with van der Waals surface area (Å²) in [5.41, 5.74) is 4.46. The molecule has 5 nitrogen and oxygen atoms in total. The zero-order valence-electron chi connectivity index (χ0n) is 8.95. The average Bonchev–Trinajstić information content (AvgIpc) is 2.95. The van der Waals surface area contributed by atoms with E-state index < -0.39 is 11.5 Å². The van der Waals surface area contributed by atoms with Crippen LogP contribution in [0.15, 0.2) is 0 Å². The molecule has 1 aliphatic carbocycles. The molecule has 5 heteroatoms. The van der Waals surface area contributed by atoms with Crippen LogP contribution in [0.1, 0.15) is 32.6 Å². The minimum atomic E-state index is -0.955. The molecule has 0 bridgehead atoms. The number of carbonyl (C=O) groups is 2. The van der Waals surface area contributed by atoms with Crippen molar-refractivity contribution in [2.45, 2.75) is 38.1 Å². The topological polar surface area (TPSA) is 92.4 Å². The number of amides is 1. The van der Waals surface area contributed by atoms with Gasteiger partial charge in [0.25, 0.3) is 0 Å². The number of rotatable bonds is 6. The molecule has 4 N–H and O–H groups in total. The fraction of sp³-hybridized carbons (Fsp3) is 0.800. The molecular formula is C10H18N2O3. The second-order valence-corrected chi connectivity index (χ2v) is 4.31. The average molecular weight is 214 g/mol. The Labute approximate surface area is 89.0 Å². The first-order valence-electron chi connectivity index (χ1n) is 5.24. The van der Waals surface area contributed by atoms with E-state index in [1.165, 1.54) is 0 Å². The first kappa shape index (κ1) is 12.0. The summed E-state index contributed by atoms with van der Waals surface area (Å²) in [5, 5.41) is 11.4. The van der Waals surface area contributed by atoms with Gasteiger partial charge in [-0.2, -0.15) is 0 Å². The lowest BCUT2D eigenvalue weighted by atomic mass is 10.1. The van der Waals surface area contributed by atoms with Gasteiger partial charge in [-0.25, -0.2) is 4.79 Å². The van der Waals surface area contributed by atoms with Crippen LogP contribution in [0.5, 0.6) is 0 Å². The Hall–Kier alpha value is -1.10. The van der Waals surface area contributed by atoms with E-state index in [1.807, 2.05) is 6.92 Å². The SMILES string of the molecule is CC(CN)CCC(=O)NC1(C(=O)O)CC1. The fourth-order valence-electron chi connectivity index (χ4n) is 1.34. The highest BCUT2D eigenvalue weighted by atomic mass is 16.4. The number of hydrogen-bond acceptors (Lipinski definition) is 3. The minimum absolute atomic E-state index is 0.185. The van der Waals surface area contributed by atoms with Crippen LogP contribution in [-0.2, 0) is 9.59 Å². The van der Waals surface area contributed by atoms with Gasteiger partial charge in [-0.1, -0.05) is 6.92 Å². The fourth-order valence-corrected chi connectivity index (χ4v) is 1.34. The lowest BCUT2D eigenvalue weighted by Crippen LogP contribution is -2.43. The predicted molar refractivity (Wildman–Crippen MR) is 55.2 cm³/mol. The number of nitrogens with two attached hydrogens (primary N) is 1. The zero-order valence-corrected chi connectivity index (χ0v) is 8.95. The van der Waals surface area contributed by atoms with Crippen LogP contribution >= 0.6 is 0 Å². The third-order valence-electron chi connectivity index (χ3n) is 2.80. The van der Waals surface area contributed by atoms with Gasteiger partial charge in [0.1, 0.15) is 5.54 Å². The summed E-state index contributed by atoms with van der Waals surface area (Å²) in [7, 11) is 0. The number of carboxylic acid groups (broad SMARTS) is 1. The molecule has 0 radical (unpaired) electrons. The molecular weight excluding hydrogens is 196 g/mol. The summed E-state index contributed by atoms with van der Waals surface area (Å²) in [6.07, 6.45) is 2.15. The van der Waals surface area contributed by atoms with Crippen molar-refractivity contribution in [1.29, 1.82) is 0 Å². The summed E-state index contributed by atoms with van der Waals surface area (Å²) >= 11 is 0. The highest BCUT2D eigenvalue weighted by Crippen LogP contribution is 2.35. The van der Waals surface area contributed by atoms with E-state index in [9.17, 15) is 9.59 Å².